The molecule has 0 radical (unpaired) electrons. The maximum Gasteiger partial charge on any atom is 0.164 e. The first-order chi connectivity index (χ1) is 13.0. The van der Waals surface area contributed by atoms with Gasteiger partial charge < -0.3 is 9.64 Å². The van der Waals surface area contributed by atoms with Gasteiger partial charge >= 0.3 is 0 Å². The number of rotatable bonds is 5. The quantitative estimate of drug-likeness (QED) is 0.768. The standard InChI is InChI=1S/C20H22N2O3S2/c1-2-25-17-10-8-16(9-11-17)22(12-15-6-4-3-5-7-15)20-21-18-13-27(23,24)14-19(18)26-20/h3-11,18-19H,2,12-14H2,1H3/t18-,19-/m0/s1. The molecule has 142 valence electrons. The van der Waals surface area contributed by atoms with Crippen LogP contribution in [0.2, 0.25) is 0 Å². The third kappa shape index (κ3) is 4.14. The number of hydrogen-bond acceptors (Lipinski definition) is 6. The van der Waals surface area contributed by atoms with E-state index in [9.17, 15) is 8.42 Å². The minimum atomic E-state index is -2.95. The van der Waals surface area contributed by atoms with Gasteiger partial charge in [0.25, 0.3) is 0 Å². The van der Waals surface area contributed by atoms with Crippen molar-refractivity contribution in [2.75, 3.05) is 23.0 Å². The van der Waals surface area contributed by atoms with Gasteiger partial charge in [0.05, 0.1) is 30.7 Å². The van der Waals surface area contributed by atoms with Crippen molar-refractivity contribution < 1.29 is 13.2 Å². The normalized spacial score (nSPS) is 22.9. The number of sulfone groups is 1. The monoisotopic (exact) mass is 402 g/mol. The molecule has 1 saturated heterocycles. The molecule has 0 spiro atoms. The van der Waals surface area contributed by atoms with E-state index in [4.69, 9.17) is 9.73 Å². The predicted molar refractivity (Wildman–Crippen MR) is 111 cm³/mol. The molecule has 2 aliphatic rings. The summed E-state index contributed by atoms with van der Waals surface area (Å²) in [7, 11) is -2.95. The third-order valence-corrected chi connectivity index (χ3v) is 7.93. The van der Waals surface area contributed by atoms with Crippen molar-refractivity contribution in [1.29, 1.82) is 0 Å². The van der Waals surface area contributed by atoms with E-state index in [1.54, 1.807) is 11.8 Å². The van der Waals surface area contributed by atoms with Gasteiger partial charge in [0, 0.05) is 10.9 Å². The summed E-state index contributed by atoms with van der Waals surface area (Å²) in [6, 6.07) is 18.1. The van der Waals surface area contributed by atoms with E-state index in [0.717, 1.165) is 16.6 Å². The lowest BCUT2D eigenvalue weighted by atomic mass is 10.2. The SMILES string of the molecule is CCOc1ccc(N(Cc2ccccc2)C2=N[C@H]3CS(=O)(=O)C[C@@H]3S2)cc1. The van der Waals surface area contributed by atoms with Crippen molar-refractivity contribution in [2.24, 2.45) is 4.99 Å². The van der Waals surface area contributed by atoms with Gasteiger partial charge in [-0.15, -0.1) is 0 Å². The van der Waals surface area contributed by atoms with Crippen molar-refractivity contribution in [3.8, 4) is 5.75 Å². The number of thioether (sulfide) groups is 1. The van der Waals surface area contributed by atoms with E-state index in [1.165, 1.54) is 5.56 Å². The maximum atomic E-state index is 11.9. The molecule has 2 heterocycles. The number of fused-ring (bicyclic) bond motifs is 1. The molecule has 0 bridgehead atoms. The first-order valence-corrected chi connectivity index (χ1v) is 11.7. The Kier molecular flexibility index (Phi) is 5.14. The van der Waals surface area contributed by atoms with Crippen LogP contribution in [0.1, 0.15) is 12.5 Å². The highest BCUT2D eigenvalue weighted by Gasteiger charge is 2.43. The van der Waals surface area contributed by atoms with Gasteiger partial charge in [-0.2, -0.15) is 0 Å². The smallest absolute Gasteiger partial charge is 0.164 e. The molecule has 0 N–H and O–H groups in total. The number of ether oxygens (including phenoxy) is 1. The van der Waals surface area contributed by atoms with Crippen molar-refractivity contribution in [2.45, 2.75) is 24.8 Å². The summed E-state index contributed by atoms with van der Waals surface area (Å²) < 4.78 is 29.3. The number of hydrogen-bond donors (Lipinski definition) is 0. The van der Waals surface area contributed by atoms with E-state index >= 15 is 0 Å². The summed E-state index contributed by atoms with van der Waals surface area (Å²) in [5.41, 5.74) is 2.20. The first-order valence-electron chi connectivity index (χ1n) is 9.03. The highest BCUT2D eigenvalue weighted by molar-refractivity contribution is 8.15. The Hall–Kier alpha value is -1.99. The molecule has 2 aliphatic heterocycles. The molecule has 0 unspecified atom stereocenters. The molecule has 2 aromatic rings. The van der Waals surface area contributed by atoms with Crippen LogP contribution in [0, 0.1) is 0 Å². The van der Waals surface area contributed by atoms with E-state index in [1.807, 2.05) is 49.4 Å². The van der Waals surface area contributed by atoms with Crippen LogP contribution in [0.15, 0.2) is 59.6 Å². The van der Waals surface area contributed by atoms with Gasteiger partial charge in [-0.1, -0.05) is 42.1 Å². The van der Waals surface area contributed by atoms with Gasteiger partial charge in [0.1, 0.15) is 5.75 Å². The minimum Gasteiger partial charge on any atom is -0.494 e. The minimum absolute atomic E-state index is 0.0333. The molecule has 0 amide bonds. The summed E-state index contributed by atoms with van der Waals surface area (Å²) in [5, 5.41) is 0.930. The number of benzene rings is 2. The van der Waals surface area contributed by atoms with E-state index < -0.39 is 9.84 Å². The predicted octanol–water partition coefficient (Wildman–Crippen LogP) is 3.36. The lowest BCUT2D eigenvalue weighted by Crippen LogP contribution is -2.28. The fourth-order valence-corrected chi connectivity index (χ4v) is 7.18. The number of anilines is 1. The Morgan fingerprint density at radius 2 is 1.85 bits per heavy atom. The van der Waals surface area contributed by atoms with E-state index in [2.05, 4.69) is 17.0 Å². The molecule has 4 rings (SSSR count). The Morgan fingerprint density at radius 3 is 2.52 bits per heavy atom. The summed E-state index contributed by atoms with van der Waals surface area (Å²) in [6.07, 6.45) is 0. The molecule has 2 atom stereocenters. The van der Waals surface area contributed by atoms with E-state index in [0.29, 0.717) is 13.2 Å². The number of nitrogens with zero attached hydrogens (tertiary/aromatic N) is 2. The van der Waals surface area contributed by atoms with Crippen LogP contribution in [-0.4, -0.2) is 43.0 Å². The average molecular weight is 403 g/mol. The number of amidine groups is 1. The summed E-state index contributed by atoms with van der Waals surface area (Å²) in [4.78, 5) is 6.94. The largest absolute Gasteiger partial charge is 0.494 e. The summed E-state index contributed by atoms with van der Waals surface area (Å²) in [6.45, 7) is 3.28. The van der Waals surface area contributed by atoms with E-state index in [-0.39, 0.29) is 22.8 Å². The van der Waals surface area contributed by atoms with Crippen LogP contribution in [0.5, 0.6) is 5.75 Å². The van der Waals surface area contributed by atoms with Crippen LogP contribution in [-0.2, 0) is 16.4 Å². The summed E-state index contributed by atoms with van der Waals surface area (Å²) in [5.74, 6) is 1.22. The maximum absolute atomic E-state index is 11.9. The lowest BCUT2D eigenvalue weighted by Gasteiger charge is -2.25. The van der Waals surface area contributed by atoms with Crippen molar-refractivity contribution in [3.63, 3.8) is 0 Å². The zero-order valence-corrected chi connectivity index (χ0v) is 16.7. The van der Waals surface area contributed by atoms with Crippen molar-refractivity contribution >= 4 is 32.5 Å². The molecule has 27 heavy (non-hydrogen) atoms. The average Bonchev–Trinajstić information content (AvgIpc) is 3.15. The first kappa shape index (κ1) is 18.4. The topological polar surface area (TPSA) is 59.0 Å². The van der Waals surface area contributed by atoms with Crippen LogP contribution in [0.3, 0.4) is 0 Å². The van der Waals surface area contributed by atoms with Crippen LogP contribution in [0.25, 0.3) is 0 Å². The molecular weight excluding hydrogens is 380 g/mol. The molecule has 0 saturated carbocycles. The fourth-order valence-electron chi connectivity index (χ4n) is 3.40. The molecule has 7 heteroatoms. The van der Waals surface area contributed by atoms with Gasteiger partial charge in [-0.05, 0) is 36.8 Å². The highest BCUT2D eigenvalue weighted by Crippen LogP contribution is 2.37. The molecule has 2 aromatic carbocycles. The van der Waals surface area contributed by atoms with Gasteiger partial charge in [-0.3, -0.25) is 4.99 Å². The van der Waals surface area contributed by atoms with Gasteiger partial charge in [0.15, 0.2) is 15.0 Å². The summed E-state index contributed by atoms with van der Waals surface area (Å²) >= 11 is 1.59. The van der Waals surface area contributed by atoms with Crippen molar-refractivity contribution in [1.82, 2.24) is 0 Å². The third-order valence-electron chi connectivity index (χ3n) is 4.68. The molecule has 1 fully saturated rings. The van der Waals surface area contributed by atoms with Gasteiger partial charge in [-0.25, -0.2) is 8.42 Å². The zero-order chi connectivity index (χ0) is 18.9. The fraction of sp³-hybridized carbons (Fsp3) is 0.350. The van der Waals surface area contributed by atoms with Crippen LogP contribution >= 0.6 is 11.8 Å². The second-order valence-electron chi connectivity index (χ2n) is 6.71. The van der Waals surface area contributed by atoms with Crippen LogP contribution in [0.4, 0.5) is 5.69 Å². The molecule has 0 aromatic heterocycles. The molecular formula is C20H22N2O3S2. The highest BCUT2D eigenvalue weighted by atomic mass is 32.2. The Labute approximate surface area is 164 Å². The Morgan fingerprint density at radius 1 is 1.11 bits per heavy atom. The second-order valence-corrected chi connectivity index (χ2v) is 10.1. The van der Waals surface area contributed by atoms with Crippen molar-refractivity contribution in [3.05, 3.63) is 60.2 Å². The molecule has 5 nitrogen and oxygen atoms in total. The lowest BCUT2D eigenvalue weighted by molar-refractivity contribution is 0.340. The zero-order valence-electron chi connectivity index (χ0n) is 15.1. The Balaban J connectivity index is 1.62. The van der Waals surface area contributed by atoms with Gasteiger partial charge in [0.2, 0.25) is 0 Å². The molecule has 0 aliphatic carbocycles. The second kappa shape index (κ2) is 7.56. The van der Waals surface area contributed by atoms with Crippen LogP contribution < -0.4 is 9.64 Å². The number of aliphatic imine (C=N–C) groups is 1. The Bertz CT molecular complexity index is 927.